The first-order valence-corrected chi connectivity index (χ1v) is 16.9. The molecule has 0 spiro atoms. The lowest BCUT2D eigenvalue weighted by atomic mass is 9.97. The number of aliphatic hydroxyl groups excluding tert-OH is 1. The van der Waals surface area contributed by atoms with Crippen LogP contribution in [0.25, 0.3) is 39.2 Å². The van der Waals surface area contributed by atoms with Gasteiger partial charge in [-0.3, -0.25) is 14.0 Å². The quantitative estimate of drug-likeness (QED) is 0.133. The summed E-state index contributed by atoms with van der Waals surface area (Å²) < 4.78 is 7.16. The van der Waals surface area contributed by atoms with Gasteiger partial charge in [-0.1, -0.05) is 65.7 Å². The Bertz CT molecular complexity index is 2080. The molecule has 2 aromatic carbocycles. The maximum atomic E-state index is 13.3. The van der Waals surface area contributed by atoms with Gasteiger partial charge in [0.2, 0.25) is 11.8 Å². The van der Waals surface area contributed by atoms with E-state index in [4.69, 9.17) is 37.9 Å². The Morgan fingerprint density at radius 3 is 2.39 bits per heavy atom. The molecule has 12 heteroatoms. The standard InChI is InChI=1S/C37H38Cl2N6O4/c1-21(46)17-40-20-30-22(2)42-32-16-23(14-15-45(32)37(30)48)26-6-4-7-27(34(26)38)28-8-5-9-29(35(28)39)31-12-10-24(36(44-31)49-3)18-41-19-25-11-13-33(47)43-25/h4-10,12,14-16,21,25,40-41,46H,11,13,17-20H2,1-3H3,(H,43,47)/t21-,25+/m1/s1. The van der Waals surface area contributed by atoms with Gasteiger partial charge in [-0.05, 0) is 44.0 Å². The Hall–Kier alpha value is -4.32. The van der Waals surface area contributed by atoms with Gasteiger partial charge in [0.25, 0.3) is 5.56 Å². The average Bonchev–Trinajstić information content (AvgIpc) is 3.51. The summed E-state index contributed by atoms with van der Waals surface area (Å²) in [6.07, 6.45) is 2.58. The van der Waals surface area contributed by atoms with Crippen LogP contribution in [0.1, 0.15) is 36.6 Å². The van der Waals surface area contributed by atoms with E-state index in [9.17, 15) is 14.7 Å². The zero-order chi connectivity index (χ0) is 34.7. The van der Waals surface area contributed by atoms with E-state index in [1.54, 1.807) is 20.2 Å². The summed E-state index contributed by atoms with van der Waals surface area (Å²) in [6, 6.07) is 19.2. The Kier molecular flexibility index (Phi) is 10.6. The first-order chi connectivity index (χ1) is 23.6. The summed E-state index contributed by atoms with van der Waals surface area (Å²) in [5, 5.41) is 20.0. The number of methoxy groups -OCH3 is 1. The number of aryl methyl sites for hydroxylation is 1. The van der Waals surface area contributed by atoms with E-state index in [-0.39, 0.29) is 17.5 Å². The molecule has 1 saturated heterocycles. The van der Waals surface area contributed by atoms with Crippen LogP contribution in [0, 0.1) is 6.92 Å². The smallest absolute Gasteiger partial charge is 0.262 e. The molecule has 0 radical (unpaired) electrons. The number of pyridine rings is 2. The Labute approximate surface area is 294 Å². The highest BCUT2D eigenvalue weighted by atomic mass is 35.5. The fraction of sp³-hybridized carbons (Fsp3) is 0.297. The number of carbonyl (C=O) groups is 1. The van der Waals surface area contributed by atoms with Crippen LogP contribution in [0.2, 0.25) is 10.0 Å². The molecule has 1 aliphatic heterocycles. The summed E-state index contributed by atoms with van der Waals surface area (Å²) in [4.78, 5) is 34.3. The van der Waals surface area contributed by atoms with E-state index in [0.29, 0.717) is 71.1 Å². The van der Waals surface area contributed by atoms with Crippen LogP contribution >= 0.6 is 23.2 Å². The molecule has 0 saturated carbocycles. The summed E-state index contributed by atoms with van der Waals surface area (Å²) in [6.45, 7) is 5.40. The Balaban J connectivity index is 1.27. The van der Waals surface area contributed by atoms with Crippen LogP contribution in [-0.2, 0) is 17.9 Å². The van der Waals surface area contributed by atoms with Gasteiger partial charge in [0.1, 0.15) is 5.65 Å². The van der Waals surface area contributed by atoms with Crippen molar-refractivity contribution in [3.8, 4) is 39.4 Å². The molecule has 0 aliphatic carbocycles. The number of hydrogen-bond acceptors (Lipinski definition) is 8. The first kappa shape index (κ1) is 34.5. The minimum Gasteiger partial charge on any atom is -0.481 e. The SMILES string of the molecule is COc1nc(-c2cccc(-c3cccc(-c4ccn5c(=O)c(CNC[C@@H](C)O)c(C)nc5c4)c3Cl)c2Cl)ccc1CNC[C@@H]1CCC(=O)N1. The molecule has 5 aromatic rings. The van der Waals surface area contributed by atoms with Crippen molar-refractivity contribution >= 4 is 34.8 Å². The predicted molar refractivity (Wildman–Crippen MR) is 193 cm³/mol. The van der Waals surface area contributed by atoms with E-state index in [1.165, 1.54) is 4.40 Å². The molecule has 1 aliphatic rings. The van der Waals surface area contributed by atoms with Gasteiger partial charge >= 0.3 is 0 Å². The molecule has 4 N–H and O–H groups in total. The number of nitrogens with zero attached hydrogens (tertiary/aromatic N) is 3. The number of halogens is 2. The number of hydrogen-bond donors (Lipinski definition) is 4. The average molecular weight is 702 g/mol. The van der Waals surface area contributed by atoms with Crippen LogP contribution in [0.5, 0.6) is 5.88 Å². The first-order valence-electron chi connectivity index (χ1n) is 16.2. The van der Waals surface area contributed by atoms with Gasteiger partial charge in [0.05, 0.1) is 34.5 Å². The highest BCUT2D eigenvalue weighted by molar-refractivity contribution is 6.39. The number of carbonyl (C=O) groups excluding carboxylic acids is 1. The van der Waals surface area contributed by atoms with E-state index in [2.05, 4.69) is 16.0 Å². The van der Waals surface area contributed by atoms with Crippen LogP contribution in [0.4, 0.5) is 0 Å². The topological polar surface area (TPSA) is 130 Å². The molecule has 2 atom stereocenters. The molecule has 254 valence electrons. The van der Waals surface area contributed by atoms with E-state index in [0.717, 1.165) is 39.8 Å². The second-order valence-corrected chi connectivity index (χ2v) is 13.0. The summed E-state index contributed by atoms with van der Waals surface area (Å²) in [5.41, 5.74) is 6.86. The minimum absolute atomic E-state index is 0.0926. The van der Waals surface area contributed by atoms with Gasteiger partial charge in [0.15, 0.2) is 0 Å². The fourth-order valence-corrected chi connectivity index (χ4v) is 6.77. The second-order valence-electron chi connectivity index (χ2n) is 12.2. The van der Waals surface area contributed by atoms with Crippen molar-refractivity contribution < 1.29 is 14.6 Å². The molecule has 6 rings (SSSR count). The molecular weight excluding hydrogens is 663 g/mol. The van der Waals surface area contributed by atoms with Crippen molar-refractivity contribution in [2.45, 2.75) is 51.9 Å². The second kappa shape index (κ2) is 15.1. The number of aliphatic hydroxyl groups is 1. The zero-order valence-electron chi connectivity index (χ0n) is 27.5. The van der Waals surface area contributed by atoms with E-state index >= 15 is 0 Å². The minimum atomic E-state index is -0.517. The molecule has 3 aromatic heterocycles. The van der Waals surface area contributed by atoms with Gasteiger partial charge in [-0.15, -0.1) is 0 Å². The third-order valence-corrected chi connectivity index (χ3v) is 9.48. The normalized spacial score (nSPS) is 15.1. The number of rotatable bonds is 12. The summed E-state index contributed by atoms with van der Waals surface area (Å²) in [7, 11) is 1.59. The van der Waals surface area contributed by atoms with Gasteiger partial charge < -0.3 is 25.8 Å². The fourth-order valence-electron chi connectivity index (χ4n) is 6.11. The van der Waals surface area contributed by atoms with Crippen molar-refractivity contribution in [3.05, 3.63) is 104 Å². The highest BCUT2D eigenvalue weighted by Crippen LogP contribution is 2.42. The van der Waals surface area contributed by atoms with E-state index < -0.39 is 6.10 Å². The number of amides is 1. The monoisotopic (exact) mass is 700 g/mol. The number of ether oxygens (including phenoxy) is 1. The van der Waals surface area contributed by atoms with Crippen LogP contribution in [0.3, 0.4) is 0 Å². The predicted octanol–water partition coefficient (Wildman–Crippen LogP) is 5.55. The largest absolute Gasteiger partial charge is 0.481 e. The van der Waals surface area contributed by atoms with Gasteiger partial charge in [-0.25, -0.2) is 9.97 Å². The number of benzene rings is 2. The lowest BCUT2D eigenvalue weighted by Crippen LogP contribution is -2.35. The maximum absolute atomic E-state index is 13.3. The number of nitrogens with one attached hydrogen (secondary N) is 3. The van der Waals surface area contributed by atoms with Crippen molar-refractivity contribution in [1.29, 1.82) is 0 Å². The molecule has 4 heterocycles. The molecule has 1 fully saturated rings. The molecule has 49 heavy (non-hydrogen) atoms. The molecule has 10 nitrogen and oxygen atoms in total. The van der Waals surface area contributed by atoms with Crippen molar-refractivity contribution in [2.24, 2.45) is 0 Å². The van der Waals surface area contributed by atoms with Gasteiger partial charge in [-0.2, -0.15) is 0 Å². The van der Waals surface area contributed by atoms with Crippen LogP contribution in [0.15, 0.2) is 71.7 Å². The third kappa shape index (κ3) is 7.49. The summed E-state index contributed by atoms with van der Waals surface area (Å²) in [5.74, 6) is 0.583. The van der Waals surface area contributed by atoms with Gasteiger partial charge in [0, 0.05) is 78.3 Å². The third-order valence-electron chi connectivity index (χ3n) is 8.67. The molecular formula is C37H38Cl2N6O4. The molecule has 1 amide bonds. The van der Waals surface area contributed by atoms with Crippen molar-refractivity contribution in [2.75, 3.05) is 20.2 Å². The van der Waals surface area contributed by atoms with Crippen LogP contribution < -0.4 is 26.2 Å². The zero-order valence-corrected chi connectivity index (χ0v) is 29.0. The van der Waals surface area contributed by atoms with Crippen LogP contribution in [-0.4, -0.2) is 57.7 Å². The number of fused-ring (bicyclic) bond motifs is 1. The maximum Gasteiger partial charge on any atom is 0.262 e. The molecule has 0 unspecified atom stereocenters. The number of aromatic nitrogens is 3. The van der Waals surface area contributed by atoms with Crippen molar-refractivity contribution in [3.63, 3.8) is 0 Å². The summed E-state index contributed by atoms with van der Waals surface area (Å²) >= 11 is 14.2. The van der Waals surface area contributed by atoms with E-state index in [1.807, 2.05) is 67.6 Å². The van der Waals surface area contributed by atoms with Crippen molar-refractivity contribution in [1.82, 2.24) is 30.3 Å². The highest BCUT2D eigenvalue weighted by Gasteiger charge is 2.21. The Morgan fingerprint density at radius 1 is 0.980 bits per heavy atom. The Morgan fingerprint density at radius 2 is 1.69 bits per heavy atom. The lowest BCUT2D eigenvalue weighted by molar-refractivity contribution is -0.119. The lowest BCUT2D eigenvalue weighted by Gasteiger charge is -2.16. The molecule has 0 bridgehead atoms.